The summed E-state index contributed by atoms with van der Waals surface area (Å²) in [5.74, 6) is -4.51. The minimum atomic E-state index is -2.77. The number of carboxylic acids is 1. The third-order valence-corrected chi connectivity index (χ3v) is 6.24. The first kappa shape index (κ1) is 24.8. The van der Waals surface area contributed by atoms with Crippen LogP contribution >= 0.6 is 11.6 Å². The Morgan fingerprint density at radius 1 is 1.26 bits per heavy atom. The molecule has 8 nitrogen and oxygen atoms in total. The lowest BCUT2D eigenvalue weighted by molar-refractivity contribution is -0.0223. The summed E-state index contributed by atoms with van der Waals surface area (Å²) in [6.45, 7) is 3.65. The van der Waals surface area contributed by atoms with Gasteiger partial charge in [-0.15, -0.1) is 0 Å². The number of rotatable bonds is 6. The Labute approximate surface area is 203 Å². The van der Waals surface area contributed by atoms with Gasteiger partial charge < -0.3 is 15.3 Å². The van der Waals surface area contributed by atoms with Crippen molar-refractivity contribution in [1.29, 1.82) is 0 Å². The average Bonchev–Trinajstić information content (AvgIpc) is 2.80. The number of alkyl halides is 2. The van der Waals surface area contributed by atoms with Crippen LogP contribution in [0.5, 0.6) is 0 Å². The molecule has 0 bridgehead atoms. The number of aromatic carboxylic acids is 1. The Bertz CT molecular complexity index is 1350. The van der Waals surface area contributed by atoms with Crippen molar-refractivity contribution in [2.75, 3.05) is 23.3 Å². The summed E-state index contributed by atoms with van der Waals surface area (Å²) in [5, 5.41) is 12.5. The average molecular weight is 510 g/mol. The molecule has 1 aliphatic heterocycles. The summed E-state index contributed by atoms with van der Waals surface area (Å²) in [6.07, 6.45) is -0.721. The van der Waals surface area contributed by atoms with Crippen molar-refractivity contribution in [3.8, 4) is 0 Å². The smallest absolute Gasteiger partial charge is 0.356 e. The fourth-order valence-corrected chi connectivity index (χ4v) is 4.37. The minimum absolute atomic E-state index is 0.00431. The Hall–Kier alpha value is -3.34. The van der Waals surface area contributed by atoms with Gasteiger partial charge in [-0.1, -0.05) is 11.6 Å². The maximum atomic E-state index is 14.6. The molecule has 35 heavy (non-hydrogen) atoms. The van der Waals surface area contributed by atoms with Crippen molar-refractivity contribution in [3.05, 3.63) is 56.8 Å². The van der Waals surface area contributed by atoms with Crippen molar-refractivity contribution >= 4 is 40.1 Å². The molecule has 0 spiro atoms. The van der Waals surface area contributed by atoms with E-state index in [4.69, 9.17) is 11.6 Å². The molecule has 1 saturated heterocycles. The summed E-state index contributed by atoms with van der Waals surface area (Å²) in [7, 11) is 0. The van der Waals surface area contributed by atoms with Crippen LogP contribution in [0.15, 0.2) is 29.1 Å². The first-order valence-electron chi connectivity index (χ1n) is 11.0. The van der Waals surface area contributed by atoms with E-state index in [0.717, 1.165) is 6.07 Å². The van der Waals surface area contributed by atoms with Crippen LogP contribution in [-0.2, 0) is 6.54 Å². The predicted molar refractivity (Wildman–Crippen MR) is 126 cm³/mol. The standard InChI is InChI=1S/C23H23ClF3N5O3/c1-3-32-20(33)15-11-13(25)10-14(12(2)28-16-4-5-17(24)29-19(16)21(34)35)18(15)30-22(32)31-8-6-23(26,27)7-9-31/h4-5,10-12,28H,3,6-9H2,1-2H3,(H,34,35). The molecule has 186 valence electrons. The number of carbonyl (C=O) groups is 1. The van der Waals surface area contributed by atoms with Gasteiger partial charge in [0.05, 0.1) is 22.6 Å². The van der Waals surface area contributed by atoms with E-state index in [1.54, 1.807) is 18.7 Å². The van der Waals surface area contributed by atoms with E-state index < -0.39 is 29.3 Å². The van der Waals surface area contributed by atoms with E-state index in [1.807, 2.05) is 0 Å². The largest absolute Gasteiger partial charge is 0.476 e. The maximum Gasteiger partial charge on any atom is 0.356 e. The third-order valence-electron chi connectivity index (χ3n) is 6.03. The molecule has 0 aliphatic carbocycles. The second-order valence-electron chi connectivity index (χ2n) is 8.40. The number of hydrogen-bond donors (Lipinski definition) is 2. The molecule has 4 rings (SSSR count). The van der Waals surface area contributed by atoms with Gasteiger partial charge >= 0.3 is 5.97 Å². The Balaban J connectivity index is 1.82. The number of carboxylic acid groups (broad SMARTS) is 1. The van der Waals surface area contributed by atoms with Crippen molar-refractivity contribution in [2.24, 2.45) is 0 Å². The Kier molecular flexibility index (Phi) is 6.63. The zero-order valence-electron chi connectivity index (χ0n) is 19.0. The SMILES string of the molecule is CCn1c(N2CCC(F)(F)CC2)nc2c(C(C)Nc3ccc(Cl)nc3C(=O)O)cc(F)cc2c1=O. The van der Waals surface area contributed by atoms with E-state index in [-0.39, 0.29) is 65.9 Å². The van der Waals surface area contributed by atoms with Gasteiger partial charge in [-0.2, -0.15) is 0 Å². The zero-order chi connectivity index (χ0) is 25.5. The topological polar surface area (TPSA) is 100 Å². The number of nitrogens with one attached hydrogen (secondary N) is 1. The zero-order valence-corrected chi connectivity index (χ0v) is 19.7. The molecule has 1 aromatic carbocycles. The highest BCUT2D eigenvalue weighted by atomic mass is 35.5. The van der Waals surface area contributed by atoms with Crippen molar-refractivity contribution in [3.63, 3.8) is 0 Å². The second kappa shape index (κ2) is 9.37. The molecule has 2 N–H and O–H groups in total. The fraction of sp³-hybridized carbons (Fsp3) is 0.391. The van der Waals surface area contributed by atoms with Gasteiger partial charge in [0.2, 0.25) is 5.95 Å². The first-order valence-corrected chi connectivity index (χ1v) is 11.4. The molecule has 12 heteroatoms. The molecule has 3 aromatic rings. The Morgan fingerprint density at radius 2 is 1.94 bits per heavy atom. The number of fused-ring (bicyclic) bond motifs is 1. The molecule has 1 aliphatic rings. The van der Waals surface area contributed by atoms with Crippen LogP contribution in [0.3, 0.4) is 0 Å². The monoisotopic (exact) mass is 509 g/mol. The van der Waals surface area contributed by atoms with Crippen LogP contribution < -0.4 is 15.8 Å². The quantitative estimate of drug-likeness (QED) is 0.464. The second-order valence-corrected chi connectivity index (χ2v) is 8.78. The van der Waals surface area contributed by atoms with E-state index in [2.05, 4.69) is 15.3 Å². The van der Waals surface area contributed by atoms with Gasteiger partial charge in [0.15, 0.2) is 5.69 Å². The molecule has 2 aromatic heterocycles. The number of benzene rings is 1. The Morgan fingerprint density at radius 3 is 2.57 bits per heavy atom. The lowest BCUT2D eigenvalue weighted by Gasteiger charge is -2.33. The maximum absolute atomic E-state index is 14.6. The highest BCUT2D eigenvalue weighted by molar-refractivity contribution is 6.29. The molecule has 1 atom stereocenters. The number of aromatic nitrogens is 3. The van der Waals surface area contributed by atoms with Crippen LogP contribution in [0.1, 0.15) is 48.8 Å². The molecular formula is C23H23ClF3N5O3. The number of pyridine rings is 1. The number of hydrogen-bond acceptors (Lipinski definition) is 6. The number of piperidine rings is 1. The molecule has 0 radical (unpaired) electrons. The summed E-state index contributed by atoms with van der Waals surface area (Å²) in [5.41, 5.74) is -0.159. The van der Waals surface area contributed by atoms with Gasteiger partial charge in [-0.05, 0) is 38.1 Å². The molecule has 0 amide bonds. The van der Waals surface area contributed by atoms with E-state index in [9.17, 15) is 27.9 Å². The van der Waals surface area contributed by atoms with Gasteiger partial charge in [-0.25, -0.2) is 27.9 Å². The molecular weight excluding hydrogens is 487 g/mol. The van der Waals surface area contributed by atoms with Crippen molar-refractivity contribution in [2.45, 2.75) is 45.2 Å². The van der Waals surface area contributed by atoms with Crippen LogP contribution in [0.2, 0.25) is 5.15 Å². The van der Waals surface area contributed by atoms with Gasteiger partial charge in [0.25, 0.3) is 11.5 Å². The summed E-state index contributed by atoms with van der Waals surface area (Å²) >= 11 is 5.82. The van der Waals surface area contributed by atoms with Crippen LogP contribution in [0, 0.1) is 5.82 Å². The summed E-state index contributed by atoms with van der Waals surface area (Å²) in [6, 6.07) is 4.45. The summed E-state index contributed by atoms with van der Waals surface area (Å²) in [4.78, 5) is 35.0. The van der Waals surface area contributed by atoms with Crippen LogP contribution in [-0.4, -0.2) is 44.6 Å². The highest BCUT2D eigenvalue weighted by Gasteiger charge is 2.35. The molecule has 1 unspecified atom stereocenters. The van der Waals surface area contributed by atoms with Gasteiger partial charge in [0.1, 0.15) is 11.0 Å². The number of nitrogens with zero attached hydrogens (tertiary/aromatic N) is 4. The third kappa shape index (κ3) is 4.90. The van der Waals surface area contributed by atoms with Gasteiger partial charge in [0, 0.05) is 38.0 Å². The normalized spacial score (nSPS) is 16.3. The molecule has 3 heterocycles. The summed E-state index contributed by atoms with van der Waals surface area (Å²) < 4.78 is 43.4. The fourth-order valence-electron chi connectivity index (χ4n) is 4.22. The van der Waals surface area contributed by atoms with E-state index >= 15 is 0 Å². The minimum Gasteiger partial charge on any atom is -0.476 e. The molecule has 0 saturated carbocycles. The number of halogens is 4. The lowest BCUT2D eigenvalue weighted by atomic mass is 10.0. The first-order chi connectivity index (χ1) is 16.5. The predicted octanol–water partition coefficient (Wildman–Crippen LogP) is 4.71. The van der Waals surface area contributed by atoms with Crippen molar-refractivity contribution < 1.29 is 23.1 Å². The highest BCUT2D eigenvalue weighted by Crippen LogP contribution is 2.32. The van der Waals surface area contributed by atoms with Crippen molar-refractivity contribution in [1.82, 2.24) is 14.5 Å². The van der Waals surface area contributed by atoms with Gasteiger partial charge in [-0.3, -0.25) is 9.36 Å². The number of anilines is 2. The van der Waals surface area contributed by atoms with Crippen LogP contribution in [0.25, 0.3) is 10.9 Å². The van der Waals surface area contributed by atoms with Crippen LogP contribution in [0.4, 0.5) is 24.8 Å². The lowest BCUT2D eigenvalue weighted by Crippen LogP contribution is -2.42. The molecule has 1 fully saturated rings. The van der Waals surface area contributed by atoms with E-state index in [1.165, 1.54) is 22.8 Å². The van der Waals surface area contributed by atoms with E-state index in [0.29, 0.717) is 5.56 Å².